The van der Waals surface area contributed by atoms with Gasteiger partial charge in [0.2, 0.25) is 0 Å². The van der Waals surface area contributed by atoms with Gasteiger partial charge in [-0.25, -0.2) is 9.13 Å². The molecule has 0 amide bonds. The SMILES string of the molecule is CC(C)(C)c1ccc(OP(=O)(Cl)Oc2ccc(C(C)(C)c3ccc(OP(=O)(Cl)Oc4ccc(C(C)(C)C)cc4C(C)(C)C)cc3)cc2)c(C(C)(C)C)c1. The normalized spacial score (nSPS) is 15.2. The average molecular weight is 802 g/mol. The highest BCUT2D eigenvalue weighted by molar-refractivity contribution is 7.82. The van der Waals surface area contributed by atoms with Crippen LogP contribution in [-0.4, -0.2) is 0 Å². The number of hydrogen-bond acceptors (Lipinski definition) is 6. The Hall–Kier alpha value is -2.88. The van der Waals surface area contributed by atoms with Gasteiger partial charge in [0.1, 0.15) is 23.0 Å². The van der Waals surface area contributed by atoms with Crippen LogP contribution in [0.4, 0.5) is 0 Å². The van der Waals surface area contributed by atoms with Gasteiger partial charge in [-0.1, -0.05) is 145 Å². The summed E-state index contributed by atoms with van der Waals surface area (Å²) in [7, 11) is 0. The predicted octanol–water partition coefficient (Wildman–Crippen LogP) is 14.8. The number of hydrogen-bond donors (Lipinski definition) is 0. The summed E-state index contributed by atoms with van der Waals surface area (Å²) < 4.78 is 50.0. The fraction of sp³-hybridized carbons (Fsp3) is 0.442. The third-order valence-corrected chi connectivity index (χ3v) is 11.8. The molecule has 0 saturated carbocycles. The molecule has 0 bridgehead atoms. The van der Waals surface area contributed by atoms with E-state index in [1.54, 1.807) is 24.3 Å². The van der Waals surface area contributed by atoms with E-state index in [1.165, 1.54) is 0 Å². The van der Waals surface area contributed by atoms with E-state index in [1.807, 2.05) is 48.5 Å². The molecule has 4 aromatic carbocycles. The molecule has 4 rings (SSSR count). The summed E-state index contributed by atoms with van der Waals surface area (Å²) in [5.74, 6) is 1.48. The van der Waals surface area contributed by atoms with E-state index in [-0.39, 0.29) is 21.7 Å². The molecule has 2 atom stereocenters. The molecule has 0 spiro atoms. The van der Waals surface area contributed by atoms with E-state index in [4.69, 9.17) is 40.6 Å². The maximum absolute atomic E-state index is 13.4. The van der Waals surface area contributed by atoms with Crippen molar-refractivity contribution in [2.24, 2.45) is 0 Å². The molecule has 288 valence electrons. The highest BCUT2D eigenvalue weighted by Crippen LogP contribution is 2.56. The van der Waals surface area contributed by atoms with Crippen molar-refractivity contribution in [3.05, 3.63) is 118 Å². The lowest BCUT2D eigenvalue weighted by molar-refractivity contribution is 0.398. The Morgan fingerprint density at radius 1 is 0.396 bits per heavy atom. The summed E-state index contributed by atoms with van der Waals surface area (Å²) in [6.07, 6.45) is 0. The van der Waals surface area contributed by atoms with Crippen LogP contribution in [0, 0.1) is 0 Å². The van der Waals surface area contributed by atoms with E-state index in [0.29, 0.717) is 23.0 Å². The highest BCUT2D eigenvalue weighted by Gasteiger charge is 2.33. The second-order valence-corrected chi connectivity index (χ2v) is 23.3. The van der Waals surface area contributed by atoms with E-state index in [2.05, 4.69) is 109 Å². The summed E-state index contributed by atoms with van der Waals surface area (Å²) in [6.45, 7) is 21.4. The molecule has 53 heavy (non-hydrogen) atoms. The standard InChI is InChI=1S/C43H56Cl2O6P2/c1-39(2,3)31-19-25-37(35(27-31)41(7,8)9)50-52(44,46)48-33-21-15-29(16-22-33)43(13,14)30-17-23-34(24-18-30)49-53(45,47)51-38-26-20-32(40(4,5)6)28-36(38)42(10,11)12/h15-28H,1-14H3. The van der Waals surface area contributed by atoms with Gasteiger partial charge in [0.25, 0.3) is 0 Å². The first-order valence-electron chi connectivity index (χ1n) is 17.9. The van der Waals surface area contributed by atoms with Crippen LogP contribution in [0.2, 0.25) is 0 Å². The lowest BCUT2D eigenvalue weighted by Gasteiger charge is -2.28. The Labute approximate surface area is 327 Å². The Balaban J connectivity index is 1.47. The third-order valence-electron chi connectivity index (χ3n) is 9.30. The van der Waals surface area contributed by atoms with Crippen LogP contribution in [0.15, 0.2) is 84.9 Å². The smallest absolute Gasteiger partial charge is 0.405 e. The molecule has 0 aliphatic rings. The lowest BCUT2D eigenvalue weighted by atomic mass is 9.78. The van der Waals surface area contributed by atoms with Gasteiger partial charge >= 0.3 is 13.9 Å². The van der Waals surface area contributed by atoms with Gasteiger partial charge in [0.05, 0.1) is 0 Å². The second kappa shape index (κ2) is 15.0. The van der Waals surface area contributed by atoms with Crippen molar-refractivity contribution >= 4 is 36.4 Å². The van der Waals surface area contributed by atoms with Crippen LogP contribution in [0.25, 0.3) is 0 Å². The van der Waals surface area contributed by atoms with Crippen LogP contribution < -0.4 is 18.1 Å². The minimum absolute atomic E-state index is 0.0647. The van der Waals surface area contributed by atoms with E-state index >= 15 is 0 Å². The summed E-state index contributed by atoms with van der Waals surface area (Å²) in [5.41, 5.74) is 4.86. The molecule has 2 unspecified atom stereocenters. The van der Waals surface area contributed by atoms with Gasteiger partial charge < -0.3 is 18.1 Å². The molecule has 6 nitrogen and oxygen atoms in total. The first-order chi connectivity index (χ1) is 24.0. The zero-order valence-electron chi connectivity index (χ0n) is 33.7. The fourth-order valence-corrected chi connectivity index (χ4v) is 8.41. The molecular formula is C43H56Cl2O6P2. The number of rotatable bonds is 10. The average Bonchev–Trinajstić information content (AvgIpc) is 2.99. The van der Waals surface area contributed by atoms with Crippen molar-refractivity contribution in [3.63, 3.8) is 0 Å². The molecule has 10 heteroatoms. The van der Waals surface area contributed by atoms with Gasteiger partial charge in [0, 0.05) is 39.0 Å². The van der Waals surface area contributed by atoms with Crippen molar-refractivity contribution in [2.45, 2.75) is 124 Å². The van der Waals surface area contributed by atoms with Crippen LogP contribution in [0.3, 0.4) is 0 Å². The lowest BCUT2D eigenvalue weighted by Crippen LogP contribution is -2.18. The molecular weight excluding hydrogens is 745 g/mol. The maximum Gasteiger partial charge on any atom is 0.530 e. The maximum atomic E-state index is 13.4. The van der Waals surface area contributed by atoms with Crippen molar-refractivity contribution in [1.82, 2.24) is 0 Å². The van der Waals surface area contributed by atoms with Crippen LogP contribution in [-0.2, 0) is 36.2 Å². The molecule has 0 saturated heterocycles. The predicted molar refractivity (Wildman–Crippen MR) is 222 cm³/mol. The molecule has 0 fully saturated rings. The van der Waals surface area contributed by atoms with Gasteiger partial charge in [0.15, 0.2) is 0 Å². The molecule has 0 radical (unpaired) electrons. The monoisotopic (exact) mass is 800 g/mol. The van der Waals surface area contributed by atoms with Gasteiger partial charge in [-0.05, 0) is 80.3 Å². The molecule has 0 aromatic heterocycles. The summed E-state index contributed by atoms with van der Waals surface area (Å²) >= 11 is 12.8. The quantitative estimate of drug-likeness (QED) is 0.149. The molecule has 0 heterocycles. The number of halogens is 2. The minimum atomic E-state index is -4.05. The van der Waals surface area contributed by atoms with E-state index in [9.17, 15) is 9.13 Å². The van der Waals surface area contributed by atoms with Crippen molar-refractivity contribution in [1.29, 1.82) is 0 Å². The zero-order chi connectivity index (χ0) is 40.0. The Morgan fingerprint density at radius 3 is 0.943 bits per heavy atom. The molecule has 0 N–H and O–H groups in total. The summed E-state index contributed by atoms with van der Waals surface area (Å²) in [4.78, 5) is 0. The minimum Gasteiger partial charge on any atom is -0.405 e. The highest BCUT2D eigenvalue weighted by atomic mass is 35.7. The molecule has 0 aliphatic carbocycles. The Bertz CT molecular complexity index is 1870. The van der Waals surface area contributed by atoms with Crippen LogP contribution in [0.5, 0.6) is 23.0 Å². The van der Waals surface area contributed by atoms with E-state index in [0.717, 1.165) is 33.4 Å². The Kier molecular flexibility index (Phi) is 12.1. The topological polar surface area (TPSA) is 71.1 Å². The fourth-order valence-electron chi connectivity index (χ4n) is 5.88. The van der Waals surface area contributed by atoms with Gasteiger partial charge in [-0.2, -0.15) is 0 Å². The van der Waals surface area contributed by atoms with Crippen molar-refractivity contribution in [3.8, 4) is 23.0 Å². The van der Waals surface area contributed by atoms with Gasteiger partial charge in [-0.3, -0.25) is 0 Å². The van der Waals surface area contributed by atoms with E-state index < -0.39 is 19.3 Å². The van der Waals surface area contributed by atoms with Gasteiger partial charge in [-0.15, -0.1) is 0 Å². The molecule has 4 aromatic rings. The number of benzene rings is 4. The first kappa shape index (κ1) is 42.9. The molecule has 0 aliphatic heterocycles. The van der Waals surface area contributed by atoms with Crippen LogP contribution in [0.1, 0.15) is 130 Å². The van der Waals surface area contributed by atoms with Crippen molar-refractivity contribution < 1.29 is 27.2 Å². The third kappa shape index (κ3) is 11.1. The van der Waals surface area contributed by atoms with Crippen LogP contribution >= 0.6 is 36.4 Å². The second-order valence-electron chi connectivity index (χ2n) is 18.3. The summed E-state index contributed by atoms with van der Waals surface area (Å²) in [6, 6.07) is 26.2. The summed E-state index contributed by atoms with van der Waals surface area (Å²) in [5, 5.41) is 0. The largest absolute Gasteiger partial charge is 0.530 e. The first-order valence-corrected chi connectivity index (χ1v) is 22.8. The van der Waals surface area contributed by atoms with Crippen molar-refractivity contribution in [2.75, 3.05) is 0 Å². The Morgan fingerprint density at radius 2 is 0.679 bits per heavy atom. The zero-order valence-corrected chi connectivity index (χ0v) is 37.0.